The van der Waals surface area contributed by atoms with Crippen molar-refractivity contribution in [1.29, 1.82) is 0 Å². The van der Waals surface area contributed by atoms with Crippen LogP contribution in [0.5, 0.6) is 0 Å². The summed E-state index contributed by atoms with van der Waals surface area (Å²) in [5, 5.41) is 2.37. The monoisotopic (exact) mass is 161 g/mol. The summed E-state index contributed by atoms with van der Waals surface area (Å²) in [5.74, 6) is 0.101. The van der Waals surface area contributed by atoms with Crippen LogP contribution in [0.3, 0.4) is 0 Å². The summed E-state index contributed by atoms with van der Waals surface area (Å²) in [6.45, 7) is 0. The van der Waals surface area contributed by atoms with Gasteiger partial charge in [0.2, 0.25) is 0 Å². The molecule has 0 saturated carbocycles. The van der Waals surface area contributed by atoms with E-state index in [0.29, 0.717) is 5.75 Å². The van der Waals surface area contributed by atoms with Gasteiger partial charge in [-0.1, -0.05) is 0 Å². The van der Waals surface area contributed by atoms with Crippen molar-refractivity contribution in [1.82, 2.24) is 5.32 Å². The molecule has 1 rings (SSSR count). The van der Waals surface area contributed by atoms with Crippen LogP contribution in [-0.4, -0.2) is 30.1 Å². The van der Waals surface area contributed by atoms with Gasteiger partial charge in [0.25, 0.3) is 0 Å². The first-order valence-electron chi connectivity index (χ1n) is 2.75. The number of esters is 1. The maximum atomic E-state index is 10.7. The Hall–Kier alpha value is -0.710. The Bertz CT molecular complexity index is 170. The van der Waals surface area contributed by atoms with E-state index < -0.39 is 18.1 Å². The molecule has 0 radical (unpaired) electrons. The molecule has 0 aromatic rings. The predicted octanol–water partition coefficient (Wildman–Crippen LogP) is -0.0156. The van der Waals surface area contributed by atoms with Crippen molar-refractivity contribution in [3.63, 3.8) is 0 Å². The van der Waals surface area contributed by atoms with E-state index in [1.54, 1.807) is 0 Å². The van der Waals surface area contributed by atoms with Crippen molar-refractivity contribution in [3.05, 3.63) is 0 Å². The maximum absolute atomic E-state index is 10.7. The molecule has 1 fully saturated rings. The SMILES string of the molecule is CSC[C@H]1NC(=O)OC1=O. The molecule has 1 aliphatic heterocycles. The summed E-state index contributed by atoms with van der Waals surface area (Å²) >= 11 is 1.49. The molecule has 0 bridgehead atoms. The largest absolute Gasteiger partial charge is 0.415 e. The van der Waals surface area contributed by atoms with E-state index >= 15 is 0 Å². The molecule has 10 heavy (non-hydrogen) atoms. The summed E-state index contributed by atoms with van der Waals surface area (Å²) < 4.78 is 4.22. The van der Waals surface area contributed by atoms with Gasteiger partial charge < -0.3 is 10.1 Å². The number of amides is 1. The zero-order chi connectivity index (χ0) is 7.56. The van der Waals surface area contributed by atoms with Gasteiger partial charge in [-0.05, 0) is 6.26 Å². The Kier molecular flexibility index (Phi) is 2.16. The fourth-order valence-electron chi connectivity index (χ4n) is 0.670. The van der Waals surface area contributed by atoms with Gasteiger partial charge in [0.1, 0.15) is 6.04 Å². The van der Waals surface area contributed by atoms with E-state index in [4.69, 9.17) is 0 Å². The van der Waals surface area contributed by atoms with Gasteiger partial charge >= 0.3 is 12.1 Å². The van der Waals surface area contributed by atoms with E-state index in [1.165, 1.54) is 11.8 Å². The predicted molar refractivity (Wildman–Crippen MR) is 36.8 cm³/mol. The number of alkyl carbamates (subject to hydrolysis) is 1. The highest BCUT2D eigenvalue weighted by Crippen LogP contribution is 2.05. The molecule has 4 nitrogen and oxygen atoms in total. The van der Waals surface area contributed by atoms with Crippen molar-refractivity contribution in [3.8, 4) is 0 Å². The molecule has 56 valence electrons. The Labute approximate surface area is 62.3 Å². The molecule has 1 aliphatic rings. The lowest BCUT2D eigenvalue weighted by molar-refractivity contribution is -0.134. The first kappa shape index (κ1) is 7.40. The number of cyclic esters (lactones) is 2. The molecule has 1 N–H and O–H groups in total. The average Bonchev–Trinajstić information content (AvgIpc) is 2.13. The number of ether oxygens (including phenoxy) is 1. The molecule has 0 spiro atoms. The number of carbonyl (C=O) groups is 2. The number of nitrogens with one attached hydrogen (secondary N) is 1. The third-order valence-electron chi connectivity index (χ3n) is 1.10. The van der Waals surface area contributed by atoms with Crippen molar-refractivity contribution in [2.75, 3.05) is 12.0 Å². The summed E-state index contributed by atoms with van der Waals surface area (Å²) in [6.07, 6.45) is 1.22. The lowest BCUT2D eigenvalue weighted by Crippen LogP contribution is -2.30. The van der Waals surface area contributed by atoms with Crippen molar-refractivity contribution in [2.45, 2.75) is 6.04 Å². The third-order valence-corrected chi connectivity index (χ3v) is 1.77. The van der Waals surface area contributed by atoms with Crippen molar-refractivity contribution in [2.24, 2.45) is 0 Å². The zero-order valence-corrected chi connectivity index (χ0v) is 6.23. The minimum absolute atomic E-state index is 0.442. The lowest BCUT2D eigenvalue weighted by atomic mass is 10.4. The summed E-state index contributed by atoms with van der Waals surface area (Å²) in [6, 6.07) is -0.442. The summed E-state index contributed by atoms with van der Waals surface area (Å²) in [4.78, 5) is 21.0. The highest BCUT2D eigenvalue weighted by atomic mass is 32.2. The number of thioether (sulfide) groups is 1. The van der Waals surface area contributed by atoms with Gasteiger partial charge in [0, 0.05) is 5.75 Å². The smallest absolute Gasteiger partial charge is 0.375 e. The highest BCUT2D eigenvalue weighted by Gasteiger charge is 2.31. The van der Waals surface area contributed by atoms with Gasteiger partial charge in [-0.2, -0.15) is 11.8 Å². The Balaban J connectivity index is 2.46. The van der Waals surface area contributed by atoms with Gasteiger partial charge in [-0.15, -0.1) is 0 Å². The topological polar surface area (TPSA) is 55.4 Å². The first-order chi connectivity index (χ1) is 4.74. The molecule has 5 heteroatoms. The lowest BCUT2D eigenvalue weighted by Gasteiger charge is -1.99. The van der Waals surface area contributed by atoms with Crippen LogP contribution in [0.4, 0.5) is 4.79 Å². The first-order valence-corrected chi connectivity index (χ1v) is 4.14. The number of carbonyl (C=O) groups excluding carboxylic acids is 2. The zero-order valence-electron chi connectivity index (χ0n) is 5.42. The number of rotatable bonds is 2. The van der Waals surface area contributed by atoms with E-state index in [2.05, 4.69) is 10.1 Å². The van der Waals surface area contributed by atoms with Crippen LogP contribution in [0.25, 0.3) is 0 Å². The van der Waals surface area contributed by atoms with Crippen molar-refractivity contribution < 1.29 is 14.3 Å². The minimum atomic E-state index is -0.635. The van der Waals surface area contributed by atoms with Crippen LogP contribution in [0, 0.1) is 0 Å². The number of hydrogen-bond donors (Lipinski definition) is 1. The van der Waals surface area contributed by atoms with Gasteiger partial charge in [-0.25, -0.2) is 9.59 Å². The average molecular weight is 161 g/mol. The van der Waals surface area contributed by atoms with Crippen LogP contribution < -0.4 is 5.32 Å². The van der Waals surface area contributed by atoms with Gasteiger partial charge in [-0.3, -0.25) is 0 Å². The number of hydrogen-bond acceptors (Lipinski definition) is 4. The standard InChI is InChI=1S/C5H7NO3S/c1-10-2-3-4(7)9-5(8)6-3/h3H,2H2,1H3,(H,6,8)/t3-/m1/s1. The van der Waals surface area contributed by atoms with E-state index in [1.807, 2.05) is 6.26 Å². The molecular weight excluding hydrogens is 154 g/mol. The quantitative estimate of drug-likeness (QED) is 0.457. The second-order valence-electron chi connectivity index (χ2n) is 1.86. The van der Waals surface area contributed by atoms with E-state index in [9.17, 15) is 9.59 Å². The maximum Gasteiger partial charge on any atom is 0.415 e. The molecular formula is C5H7NO3S. The van der Waals surface area contributed by atoms with Gasteiger partial charge in [0.15, 0.2) is 0 Å². The normalized spacial score (nSPS) is 24.3. The van der Waals surface area contributed by atoms with Crippen LogP contribution in [0.1, 0.15) is 0 Å². The minimum Gasteiger partial charge on any atom is -0.375 e. The molecule has 0 aromatic carbocycles. The Morgan fingerprint density at radius 3 is 2.80 bits per heavy atom. The van der Waals surface area contributed by atoms with E-state index in [0.717, 1.165) is 0 Å². The van der Waals surface area contributed by atoms with Crippen LogP contribution >= 0.6 is 11.8 Å². The van der Waals surface area contributed by atoms with Crippen LogP contribution in [0.15, 0.2) is 0 Å². The summed E-state index contributed by atoms with van der Waals surface area (Å²) in [5.41, 5.74) is 0. The van der Waals surface area contributed by atoms with Crippen LogP contribution in [0.2, 0.25) is 0 Å². The summed E-state index contributed by atoms with van der Waals surface area (Å²) in [7, 11) is 0. The Morgan fingerprint density at radius 2 is 2.40 bits per heavy atom. The fraction of sp³-hybridized carbons (Fsp3) is 0.600. The molecule has 0 unspecified atom stereocenters. The molecule has 1 heterocycles. The molecule has 0 aromatic heterocycles. The second-order valence-corrected chi connectivity index (χ2v) is 2.77. The molecule has 1 atom stereocenters. The van der Waals surface area contributed by atoms with Crippen LogP contribution in [-0.2, 0) is 9.53 Å². The fourth-order valence-corrected chi connectivity index (χ4v) is 1.22. The highest BCUT2D eigenvalue weighted by molar-refractivity contribution is 7.98. The Morgan fingerprint density at radius 1 is 1.70 bits per heavy atom. The van der Waals surface area contributed by atoms with Gasteiger partial charge in [0.05, 0.1) is 0 Å². The second kappa shape index (κ2) is 2.92. The van der Waals surface area contributed by atoms with Crippen molar-refractivity contribution >= 4 is 23.8 Å². The molecule has 1 saturated heterocycles. The van der Waals surface area contributed by atoms with E-state index in [-0.39, 0.29) is 0 Å². The molecule has 1 amide bonds. The molecule has 0 aliphatic carbocycles. The third kappa shape index (κ3) is 1.41.